The molecule has 1 aromatic carbocycles. The van der Waals surface area contributed by atoms with Gasteiger partial charge in [-0.05, 0) is 17.7 Å². The molecule has 2 aromatic rings. The fraction of sp³-hybridized carbons (Fsp3) is 0.375. The summed E-state index contributed by atoms with van der Waals surface area (Å²) >= 11 is 0. The average Bonchev–Trinajstić information content (AvgIpc) is 3.02. The lowest BCUT2D eigenvalue weighted by Crippen LogP contribution is -2.28. The Morgan fingerprint density at radius 1 is 1.33 bits per heavy atom. The van der Waals surface area contributed by atoms with Crippen molar-refractivity contribution in [1.29, 1.82) is 0 Å². The van der Waals surface area contributed by atoms with E-state index in [-0.39, 0.29) is 23.7 Å². The van der Waals surface area contributed by atoms with E-state index in [1.54, 1.807) is 0 Å². The zero-order valence-corrected chi connectivity index (χ0v) is 13.1. The normalized spacial score (nSPS) is 13.1. The minimum Gasteiger partial charge on any atom is -0.387 e. The first kappa shape index (κ1) is 18.0. The number of aromatic nitrogens is 1. The van der Waals surface area contributed by atoms with Crippen molar-refractivity contribution in [2.45, 2.75) is 32.0 Å². The molecule has 0 saturated heterocycles. The highest BCUT2D eigenvalue weighted by atomic mass is 19.4. The number of halogens is 3. The van der Waals surface area contributed by atoms with Crippen molar-refractivity contribution in [3.8, 4) is 0 Å². The summed E-state index contributed by atoms with van der Waals surface area (Å²) in [4.78, 5) is 11.9. The molecule has 0 fully saturated rings. The molecule has 1 atom stereocenters. The third-order valence-corrected chi connectivity index (χ3v) is 3.38. The number of aliphatic hydroxyl groups excluding tert-OH is 1. The van der Waals surface area contributed by atoms with Gasteiger partial charge in [0.15, 0.2) is 5.69 Å². The van der Waals surface area contributed by atoms with Crippen LogP contribution in [0.1, 0.15) is 53.2 Å². The Kier molecular flexibility index (Phi) is 5.28. The second-order valence-electron chi connectivity index (χ2n) is 5.62. The molecule has 1 amide bonds. The Balaban J connectivity index is 1.99. The summed E-state index contributed by atoms with van der Waals surface area (Å²) in [5, 5.41) is 16.0. The molecule has 1 aromatic heterocycles. The lowest BCUT2D eigenvalue weighted by atomic mass is 10.1. The molecule has 5 nitrogen and oxygen atoms in total. The van der Waals surface area contributed by atoms with Gasteiger partial charge in [-0.15, -0.1) is 0 Å². The summed E-state index contributed by atoms with van der Waals surface area (Å²) in [5.74, 6) is 0.0324. The number of benzene rings is 1. The number of amides is 1. The molecule has 2 N–H and O–H groups in total. The number of rotatable bonds is 5. The van der Waals surface area contributed by atoms with Crippen LogP contribution in [-0.2, 0) is 6.18 Å². The van der Waals surface area contributed by atoms with Crippen molar-refractivity contribution in [3.63, 3.8) is 0 Å². The SMILES string of the molecule is CC(C)c1cc(C(=O)NCC(O)c2cccc(C(F)(F)F)c2)no1. The van der Waals surface area contributed by atoms with Crippen LogP contribution in [0.2, 0.25) is 0 Å². The molecule has 0 saturated carbocycles. The van der Waals surface area contributed by atoms with Gasteiger partial charge in [0.1, 0.15) is 5.76 Å². The van der Waals surface area contributed by atoms with Crippen LogP contribution in [0.5, 0.6) is 0 Å². The second-order valence-corrected chi connectivity index (χ2v) is 5.62. The van der Waals surface area contributed by atoms with Crippen LogP contribution in [0.4, 0.5) is 13.2 Å². The fourth-order valence-electron chi connectivity index (χ4n) is 1.99. The first-order chi connectivity index (χ1) is 11.2. The molecular weight excluding hydrogens is 325 g/mol. The number of carbonyl (C=O) groups is 1. The van der Waals surface area contributed by atoms with Gasteiger partial charge in [-0.1, -0.05) is 31.1 Å². The van der Waals surface area contributed by atoms with E-state index in [0.29, 0.717) is 5.76 Å². The molecule has 1 heterocycles. The van der Waals surface area contributed by atoms with Crippen molar-refractivity contribution in [3.05, 3.63) is 52.9 Å². The second kappa shape index (κ2) is 7.04. The van der Waals surface area contributed by atoms with Crippen molar-refractivity contribution in [1.82, 2.24) is 10.5 Å². The first-order valence-electron chi connectivity index (χ1n) is 7.28. The highest BCUT2D eigenvalue weighted by molar-refractivity contribution is 5.92. The van der Waals surface area contributed by atoms with E-state index < -0.39 is 23.8 Å². The number of hydrogen-bond donors (Lipinski definition) is 2. The third kappa shape index (κ3) is 4.35. The van der Waals surface area contributed by atoms with Crippen LogP contribution in [0, 0.1) is 0 Å². The number of carbonyl (C=O) groups excluding carboxylic acids is 1. The third-order valence-electron chi connectivity index (χ3n) is 3.38. The molecule has 0 aliphatic carbocycles. The maximum atomic E-state index is 12.7. The van der Waals surface area contributed by atoms with E-state index in [1.165, 1.54) is 18.2 Å². The van der Waals surface area contributed by atoms with Gasteiger partial charge in [0.05, 0.1) is 11.7 Å². The van der Waals surface area contributed by atoms with Crippen LogP contribution in [-0.4, -0.2) is 22.7 Å². The Morgan fingerprint density at radius 2 is 2.04 bits per heavy atom. The maximum Gasteiger partial charge on any atom is 0.416 e. The molecule has 130 valence electrons. The topological polar surface area (TPSA) is 75.4 Å². The number of alkyl halides is 3. The molecule has 0 bridgehead atoms. The minimum atomic E-state index is -4.49. The highest BCUT2D eigenvalue weighted by Crippen LogP contribution is 2.30. The van der Waals surface area contributed by atoms with E-state index in [9.17, 15) is 23.1 Å². The molecule has 0 aliphatic rings. The quantitative estimate of drug-likeness (QED) is 0.874. The van der Waals surface area contributed by atoms with E-state index in [1.807, 2.05) is 13.8 Å². The molecule has 1 unspecified atom stereocenters. The number of nitrogens with zero attached hydrogens (tertiary/aromatic N) is 1. The van der Waals surface area contributed by atoms with Gasteiger partial charge in [0.25, 0.3) is 5.91 Å². The van der Waals surface area contributed by atoms with E-state index in [4.69, 9.17) is 4.52 Å². The Hall–Kier alpha value is -2.35. The molecule has 0 aliphatic heterocycles. The summed E-state index contributed by atoms with van der Waals surface area (Å²) in [7, 11) is 0. The maximum absolute atomic E-state index is 12.7. The average molecular weight is 342 g/mol. The van der Waals surface area contributed by atoms with Crippen LogP contribution in [0.15, 0.2) is 34.9 Å². The number of hydrogen-bond acceptors (Lipinski definition) is 4. The standard InChI is InChI=1S/C16H17F3N2O3/c1-9(2)14-7-12(21-24-14)15(23)20-8-13(22)10-4-3-5-11(6-10)16(17,18)19/h3-7,9,13,22H,8H2,1-2H3,(H,20,23). The zero-order chi connectivity index (χ0) is 17.9. The van der Waals surface area contributed by atoms with E-state index in [2.05, 4.69) is 10.5 Å². The molecule has 24 heavy (non-hydrogen) atoms. The number of nitrogens with one attached hydrogen (secondary N) is 1. The van der Waals surface area contributed by atoms with Gasteiger partial charge >= 0.3 is 6.18 Å². The summed E-state index contributed by atoms with van der Waals surface area (Å²) in [6, 6.07) is 5.81. The highest BCUT2D eigenvalue weighted by Gasteiger charge is 2.30. The van der Waals surface area contributed by atoms with Crippen molar-refractivity contribution >= 4 is 5.91 Å². The van der Waals surface area contributed by atoms with Crippen LogP contribution < -0.4 is 5.32 Å². The molecule has 8 heteroatoms. The summed E-state index contributed by atoms with van der Waals surface area (Å²) < 4.78 is 43.0. The van der Waals surface area contributed by atoms with Gasteiger partial charge in [-0.25, -0.2) is 0 Å². The van der Waals surface area contributed by atoms with Gasteiger partial charge in [0, 0.05) is 18.5 Å². The smallest absolute Gasteiger partial charge is 0.387 e. The molecular formula is C16H17F3N2O3. The van der Waals surface area contributed by atoms with Gasteiger partial charge < -0.3 is 14.9 Å². The van der Waals surface area contributed by atoms with Crippen molar-refractivity contribution < 1.29 is 27.6 Å². The summed E-state index contributed by atoms with van der Waals surface area (Å²) in [5.41, 5.74) is -0.744. The van der Waals surface area contributed by atoms with Crippen molar-refractivity contribution in [2.24, 2.45) is 0 Å². The predicted molar refractivity (Wildman–Crippen MR) is 79.3 cm³/mol. The molecule has 0 radical (unpaired) electrons. The Morgan fingerprint density at radius 3 is 2.62 bits per heavy atom. The van der Waals surface area contributed by atoms with E-state index >= 15 is 0 Å². The lowest BCUT2D eigenvalue weighted by molar-refractivity contribution is -0.137. The summed E-state index contributed by atoms with van der Waals surface area (Å²) in [6.45, 7) is 3.50. The van der Waals surface area contributed by atoms with Gasteiger partial charge in [0.2, 0.25) is 0 Å². The Labute approximate surface area is 136 Å². The lowest BCUT2D eigenvalue weighted by Gasteiger charge is -2.14. The molecule has 2 rings (SSSR count). The van der Waals surface area contributed by atoms with Crippen LogP contribution in [0.3, 0.4) is 0 Å². The van der Waals surface area contributed by atoms with E-state index in [0.717, 1.165) is 12.1 Å². The summed E-state index contributed by atoms with van der Waals surface area (Å²) in [6.07, 6.45) is -5.76. The monoisotopic (exact) mass is 342 g/mol. The fourth-order valence-corrected chi connectivity index (χ4v) is 1.99. The first-order valence-corrected chi connectivity index (χ1v) is 7.28. The zero-order valence-electron chi connectivity index (χ0n) is 13.1. The number of aliphatic hydroxyl groups is 1. The van der Waals surface area contributed by atoms with Gasteiger partial charge in [-0.3, -0.25) is 4.79 Å². The molecule has 0 spiro atoms. The minimum absolute atomic E-state index is 0.0509. The van der Waals surface area contributed by atoms with Crippen molar-refractivity contribution in [2.75, 3.05) is 6.54 Å². The van der Waals surface area contributed by atoms with Crippen LogP contribution in [0.25, 0.3) is 0 Å². The van der Waals surface area contributed by atoms with Crippen LogP contribution >= 0.6 is 0 Å². The largest absolute Gasteiger partial charge is 0.416 e. The van der Waals surface area contributed by atoms with Gasteiger partial charge in [-0.2, -0.15) is 13.2 Å². The Bertz CT molecular complexity index is 711. The predicted octanol–water partition coefficient (Wildman–Crippen LogP) is 3.28.